The monoisotopic (exact) mass is 615 g/mol. The highest BCUT2D eigenvalue weighted by Gasteiger charge is 2.33. The molecule has 0 aliphatic carbocycles. The van der Waals surface area contributed by atoms with Crippen molar-refractivity contribution in [1.29, 1.82) is 0 Å². The number of benzene rings is 3. The van der Waals surface area contributed by atoms with Gasteiger partial charge in [0.05, 0.1) is 25.8 Å². The maximum absolute atomic E-state index is 12.5. The number of rotatable bonds is 15. The summed E-state index contributed by atoms with van der Waals surface area (Å²) >= 11 is 0. The van der Waals surface area contributed by atoms with Gasteiger partial charge in [0.1, 0.15) is 11.9 Å². The Bertz CT molecular complexity index is 1430. The van der Waals surface area contributed by atoms with Gasteiger partial charge < -0.3 is 28.6 Å². The van der Waals surface area contributed by atoms with Crippen LogP contribution in [0.2, 0.25) is 0 Å². The smallest absolute Gasteiger partial charge is 0.410 e. The molecule has 2 aliphatic rings. The molecule has 3 aromatic rings. The van der Waals surface area contributed by atoms with E-state index in [1.165, 1.54) is 12.7 Å². The molecule has 1 fully saturated rings. The molecule has 2 aliphatic heterocycles. The largest absolute Gasteiger partial charge is 0.465 e. The zero-order valence-electron chi connectivity index (χ0n) is 26.7. The van der Waals surface area contributed by atoms with Crippen molar-refractivity contribution in [2.75, 3.05) is 33.4 Å². The molecule has 0 saturated carbocycles. The fourth-order valence-electron chi connectivity index (χ4n) is 5.79. The van der Waals surface area contributed by atoms with E-state index in [1.54, 1.807) is 6.07 Å². The van der Waals surface area contributed by atoms with E-state index in [2.05, 4.69) is 24.3 Å². The van der Waals surface area contributed by atoms with Gasteiger partial charge >= 0.3 is 12.1 Å². The molecule has 1 saturated heterocycles. The molecule has 1 atom stereocenters. The van der Waals surface area contributed by atoms with Crippen LogP contribution in [0.5, 0.6) is 5.75 Å². The normalized spacial score (nSPS) is 17.0. The second-order valence-electron chi connectivity index (χ2n) is 12.2. The molecule has 1 amide bonds. The zero-order valence-corrected chi connectivity index (χ0v) is 26.7. The van der Waals surface area contributed by atoms with E-state index in [0.29, 0.717) is 25.3 Å². The SMILES string of the molecule is COC(=O)c1ccccc1-c1ccc(CCCCOCCCCCCN2C[C@@H](c3ccc4c(c3)COC(C)(C)O4)OC2=O)cc1. The average molecular weight is 616 g/mol. The molecule has 8 nitrogen and oxygen atoms in total. The molecule has 0 bridgehead atoms. The summed E-state index contributed by atoms with van der Waals surface area (Å²) in [5, 5.41) is 0. The van der Waals surface area contributed by atoms with Crippen molar-refractivity contribution in [3.05, 3.63) is 89.0 Å². The molecule has 0 aromatic heterocycles. The van der Waals surface area contributed by atoms with Gasteiger partial charge in [-0.1, -0.05) is 61.4 Å². The van der Waals surface area contributed by atoms with Gasteiger partial charge in [0.25, 0.3) is 0 Å². The lowest BCUT2D eigenvalue weighted by atomic mass is 9.97. The summed E-state index contributed by atoms with van der Waals surface area (Å²) < 4.78 is 28.1. The number of carbonyl (C=O) groups is 2. The number of hydrogen-bond donors (Lipinski definition) is 0. The molecule has 5 rings (SSSR count). The van der Waals surface area contributed by atoms with E-state index in [-0.39, 0.29) is 18.2 Å². The molecule has 240 valence electrons. The molecular formula is C37H45NO7. The van der Waals surface area contributed by atoms with Gasteiger partial charge in [0.2, 0.25) is 5.79 Å². The van der Waals surface area contributed by atoms with Crippen LogP contribution in [0.3, 0.4) is 0 Å². The highest BCUT2D eigenvalue weighted by Crippen LogP contribution is 2.35. The quantitative estimate of drug-likeness (QED) is 0.127. The number of aryl methyl sites for hydroxylation is 1. The Labute approximate surface area is 266 Å². The number of amides is 1. The Morgan fingerprint density at radius 2 is 1.69 bits per heavy atom. The summed E-state index contributed by atoms with van der Waals surface area (Å²) in [5.41, 5.74) is 5.70. The van der Waals surface area contributed by atoms with E-state index < -0.39 is 5.79 Å². The van der Waals surface area contributed by atoms with Crippen LogP contribution >= 0.6 is 0 Å². The van der Waals surface area contributed by atoms with Crippen LogP contribution in [0, 0.1) is 0 Å². The number of methoxy groups -OCH3 is 1. The van der Waals surface area contributed by atoms with Gasteiger partial charge in [0, 0.05) is 39.2 Å². The number of fused-ring (bicyclic) bond motifs is 1. The zero-order chi connectivity index (χ0) is 31.6. The standard InChI is InChI=1S/C37H45NO7/c1-37(2)43-26-30-24-29(19-20-33(30)45-37)34-25-38(36(40)44-34)21-9-4-5-10-22-42-23-11-8-12-27-15-17-28(18-16-27)31-13-6-7-14-32(31)35(39)41-3/h6-7,13-20,24,34H,4-5,8-12,21-23,25-26H2,1-3H3/t34-/m0/s1. The van der Waals surface area contributed by atoms with E-state index in [1.807, 2.05) is 55.1 Å². The van der Waals surface area contributed by atoms with E-state index in [4.69, 9.17) is 23.7 Å². The summed E-state index contributed by atoms with van der Waals surface area (Å²) in [6.45, 7) is 7.10. The van der Waals surface area contributed by atoms with Crippen molar-refractivity contribution in [1.82, 2.24) is 4.90 Å². The van der Waals surface area contributed by atoms with Crippen LogP contribution in [0.25, 0.3) is 11.1 Å². The Kier molecular flexibility index (Phi) is 11.1. The van der Waals surface area contributed by atoms with Gasteiger partial charge in [-0.25, -0.2) is 9.59 Å². The number of carbonyl (C=O) groups excluding carboxylic acids is 2. The Hall–Kier alpha value is -3.88. The maximum Gasteiger partial charge on any atom is 0.410 e. The van der Waals surface area contributed by atoms with Crippen molar-refractivity contribution in [2.24, 2.45) is 0 Å². The van der Waals surface area contributed by atoms with Crippen molar-refractivity contribution in [3.8, 4) is 16.9 Å². The Balaban J connectivity index is 0.907. The van der Waals surface area contributed by atoms with Crippen LogP contribution in [-0.2, 0) is 32.0 Å². The number of cyclic esters (lactones) is 1. The molecule has 0 spiro atoms. The topological polar surface area (TPSA) is 83.5 Å². The van der Waals surface area contributed by atoms with Crippen molar-refractivity contribution < 1.29 is 33.3 Å². The molecule has 0 N–H and O–H groups in total. The summed E-state index contributed by atoms with van der Waals surface area (Å²) in [7, 11) is 1.41. The third-order valence-corrected chi connectivity index (χ3v) is 8.34. The van der Waals surface area contributed by atoms with Crippen LogP contribution in [0.15, 0.2) is 66.7 Å². The molecule has 45 heavy (non-hydrogen) atoms. The van der Waals surface area contributed by atoms with Crippen molar-refractivity contribution >= 4 is 12.1 Å². The van der Waals surface area contributed by atoms with Gasteiger partial charge in [-0.2, -0.15) is 0 Å². The van der Waals surface area contributed by atoms with Crippen molar-refractivity contribution in [2.45, 2.75) is 77.3 Å². The van der Waals surface area contributed by atoms with E-state index in [9.17, 15) is 9.59 Å². The van der Waals surface area contributed by atoms with E-state index in [0.717, 1.165) is 86.2 Å². The Morgan fingerprint density at radius 3 is 2.49 bits per heavy atom. The average Bonchev–Trinajstić information content (AvgIpc) is 3.42. The summed E-state index contributed by atoms with van der Waals surface area (Å²) in [5.74, 6) is -0.128. The van der Waals surface area contributed by atoms with Crippen LogP contribution in [0.1, 0.15) is 85.5 Å². The number of nitrogens with zero attached hydrogens (tertiary/aromatic N) is 1. The molecule has 0 radical (unpaired) electrons. The van der Waals surface area contributed by atoms with Gasteiger partial charge in [0.15, 0.2) is 0 Å². The summed E-state index contributed by atoms with van der Waals surface area (Å²) in [6.07, 6.45) is 6.70. The van der Waals surface area contributed by atoms with Crippen LogP contribution in [-0.4, -0.2) is 56.2 Å². The maximum atomic E-state index is 12.5. The van der Waals surface area contributed by atoms with Gasteiger partial charge in [-0.05, 0) is 72.6 Å². The van der Waals surface area contributed by atoms with E-state index >= 15 is 0 Å². The number of esters is 1. The minimum absolute atomic E-state index is 0.241. The number of hydrogen-bond acceptors (Lipinski definition) is 7. The van der Waals surface area contributed by atoms with Gasteiger partial charge in [-0.15, -0.1) is 0 Å². The molecule has 0 unspecified atom stereocenters. The lowest BCUT2D eigenvalue weighted by molar-refractivity contribution is -0.180. The highest BCUT2D eigenvalue weighted by molar-refractivity contribution is 5.97. The first kappa shape index (κ1) is 32.5. The minimum Gasteiger partial charge on any atom is -0.465 e. The third kappa shape index (κ3) is 8.86. The minimum atomic E-state index is -0.628. The summed E-state index contributed by atoms with van der Waals surface area (Å²) in [4.78, 5) is 26.4. The molecule has 2 heterocycles. The predicted molar refractivity (Wildman–Crippen MR) is 172 cm³/mol. The first-order valence-corrected chi connectivity index (χ1v) is 16.1. The summed E-state index contributed by atoms with van der Waals surface area (Å²) in [6, 6.07) is 21.9. The lowest BCUT2D eigenvalue weighted by Crippen LogP contribution is -2.35. The second kappa shape index (κ2) is 15.4. The Morgan fingerprint density at radius 1 is 0.933 bits per heavy atom. The fourth-order valence-corrected chi connectivity index (χ4v) is 5.79. The molecule has 8 heteroatoms. The predicted octanol–water partition coefficient (Wildman–Crippen LogP) is 7.88. The first-order valence-electron chi connectivity index (χ1n) is 16.1. The lowest BCUT2D eigenvalue weighted by Gasteiger charge is -2.32. The number of ether oxygens (including phenoxy) is 5. The van der Waals surface area contributed by atoms with Crippen LogP contribution < -0.4 is 4.74 Å². The third-order valence-electron chi connectivity index (χ3n) is 8.34. The molecular weight excluding hydrogens is 570 g/mol. The van der Waals surface area contributed by atoms with Crippen molar-refractivity contribution in [3.63, 3.8) is 0 Å². The first-order chi connectivity index (χ1) is 21.8. The molecule has 3 aromatic carbocycles. The van der Waals surface area contributed by atoms with Gasteiger partial charge in [-0.3, -0.25) is 0 Å². The second-order valence-corrected chi connectivity index (χ2v) is 12.2. The number of unbranched alkanes of at least 4 members (excludes halogenated alkanes) is 4. The van der Waals surface area contributed by atoms with Crippen LogP contribution in [0.4, 0.5) is 4.79 Å². The fraction of sp³-hybridized carbons (Fsp3) is 0.459. The highest BCUT2D eigenvalue weighted by atomic mass is 16.7.